The number of nitrogens with zero attached hydrogens (tertiary/aromatic N) is 2. The Hall–Kier alpha value is -1.99. The Bertz CT molecular complexity index is 445. The van der Waals surface area contributed by atoms with Crippen molar-refractivity contribution in [3.05, 3.63) is 21.7 Å². The van der Waals surface area contributed by atoms with E-state index < -0.39 is 28.0 Å². The largest absolute Gasteiger partial charge is 0.481 e. The second-order valence-electron chi connectivity index (χ2n) is 3.22. The molecule has 0 bridgehead atoms. The van der Waals surface area contributed by atoms with Gasteiger partial charge in [-0.2, -0.15) is 4.98 Å². The van der Waals surface area contributed by atoms with E-state index in [4.69, 9.17) is 0 Å². The quantitative estimate of drug-likeness (QED) is 0.602. The molecule has 0 spiro atoms. The Balaban J connectivity index is 3.50. The molecule has 1 aromatic heterocycles. The molecule has 0 saturated carbocycles. The van der Waals surface area contributed by atoms with Crippen molar-refractivity contribution in [1.82, 2.24) is 4.98 Å². The molecular weight excluding hydrogens is 238 g/mol. The second kappa shape index (κ2) is 4.48. The van der Waals surface area contributed by atoms with Gasteiger partial charge in [0.05, 0.1) is 24.7 Å². The minimum atomic E-state index is -3.30. The summed E-state index contributed by atoms with van der Waals surface area (Å²) in [4.78, 5) is 13.3. The highest BCUT2D eigenvalue weighted by Gasteiger charge is 2.34. The number of alkyl halides is 2. The van der Waals surface area contributed by atoms with Gasteiger partial charge in [-0.15, -0.1) is 0 Å². The van der Waals surface area contributed by atoms with Crippen molar-refractivity contribution < 1.29 is 23.2 Å². The van der Waals surface area contributed by atoms with Crippen LogP contribution < -0.4 is 9.47 Å². The summed E-state index contributed by atoms with van der Waals surface area (Å²) in [7, 11) is 2.29. The van der Waals surface area contributed by atoms with E-state index >= 15 is 0 Å². The molecule has 94 valence electrons. The SMILES string of the molecule is COc1nc(OC)c(C(C)(F)F)cc1[N+](=O)[O-]. The van der Waals surface area contributed by atoms with Gasteiger partial charge in [-0.25, -0.2) is 8.78 Å². The van der Waals surface area contributed by atoms with E-state index in [1.807, 2.05) is 0 Å². The third-order valence-electron chi connectivity index (χ3n) is 1.99. The first-order valence-corrected chi connectivity index (χ1v) is 4.47. The van der Waals surface area contributed by atoms with Gasteiger partial charge in [0.25, 0.3) is 11.8 Å². The highest BCUT2D eigenvalue weighted by atomic mass is 19.3. The fraction of sp³-hybridized carbons (Fsp3) is 0.444. The molecule has 0 unspecified atom stereocenters. The van der Waals surface area contributed by atoms with Crippen molar-refractivity contribution in [1.29, 1.82) is 0 Å². The van der Waals surface area contributed by atoms with Crippen molar-refractivity contribution in [2.75, 3.05) is 14.2 Å². The number of ether oxygens (including phenoxy) is 2. The van der Waals surface area contributed by atoms with E-state index in [1.165, 1.54) is 0 Å². The zero-order valence-electron chi connectivity index (χ0n) is 9.36. The minimum absolute atomic E-state index is 0.375. The van der Waals surface area contributed by atoms with Crippen LogP contribution in [0.5, 0.6) is 11.8 Å². The molecule has 0 aliphatic carbocycles. The van der Waals surface area contributed by atoms with Gasteiger partial charge in [0.2, 0.25) is 5.88 Å². The number of hydrogen-bond donors (Lipinski definition) is 0. The molecule has 0 amide bonds. The van der Waals surface area contributed by atoms with Crippen molar-refractivity contribution >= 4 is 5.69 Å². The number of halogens is 2. The van der Waals surface area contributed by atoms with Crippen LogP contribution in [0, 0.1) is 10.1 Å². The molecule has 0 fully saturated rings. The molecule has 0 saturated heterocycles. The Kier molecular flexibility index (Phi) is 3.45. The topological polar surface area (TPSA) is 74.5 Å². The zero-order valence-corrected chi connectivity index (χ0v) is 9.36. The van der Waals surface area contributed by atoms with E-state index in [-0.39, 0.29) is 5.88 Å². The van der Waals surface area contributed by atoms with Gasteiger partial charge in [0.1, 0.15) is 0 Å². The standard InChI is InChI=1S/C9H10F2N2O4/c1-9(10,11)5-4-6(13(14)15)8(17-3)12-7(5)16-2/h4H,1-3H3. The summed E-state index contributed by atoms with van der Waals surface area (Å²) in [6.45, 7) is 0.600. The monoisotopic (exact) mass is 248 g/mol. The lowest BCUT2D eigenvalue weighted by molar-refractivity contribution is -0.386. The van der Waals surface area contributed by atoms with Crippen molar-refractivity contribution in [2.45, 2.75) is 12.8 Å². The Labute approximate surface area is 95.3 Å². The molecule has 1 heterocycles. The number of pyridine rings is 1. The third kappa shape index (κ3) is 2.58. The summed E-state index contributed by atoms with van der Waals surface area (Å²) in [6.07, 6.45) is 0. The molecular formula is C9H10F2N2O4. The fourth-order valence-electron chi connectivity index (χ4n) is 1.22. The number of methoxy groups -OCH3 is 2. The predicted molar refractivity (Wildman–Crippen MR) is 53.6 cm³/mol. The van der Waals surface area contributed by atoms with Crippen LogP contribution in [0.3, 0.4) is 0 Å². The van der Waals surface area contributed by atoms with E-state index in [0.717, 1.165) is 14.2 Å². The lowest BCUT2D eigenvalue weighted by Crippen LogP contribution is -2.12. The lowest BCUT2D eigenvalue weighted by atomic mass is 10.1. The molecule has 0 aliphatic heterocycles. The van der Waals surface area contributed by atoms with Gasteiger partial charge >= 0.3 is 5.69 Å². The highest BCUT2D eigenvalue weighted by Crippen LogP contribution is 2.38. The summed E-state index contributed by atoms with van der Waals surface area (Å²) in [6, 6.07) is 0.699. The molecule has 1 aromatic rings. The molecule has 0 N–H and O–H groups in total. The molecule has 0 aromatic carbocycles. The van der Waals surface area contributed by atoms with E-state index in [1.54, 1.807) is 0 Å². The van der Waals surface area contributed by atoms with Crippen LogP contribution in [-0.4, -0.2) is 24.1 Å². The Morgan fingerprint density at radius 1 is 1.35 bits per heavy atom. The van der Waals surface area contributed by atoms with Crippen LogP contribution in [-0.2, 0) is 5.92 Å². The van der Waals surface area contributed by atoms with Crippen molar-refractivity contribution in [2.24, 2.45) is 0 Å². The van der Waals surface area contributed by atoms with Crippen molar-refractivity contribution in [3.63, 3.8) is 0 Å². The summed E-state index contributed by atoms with van der Waals surface area (Å²) >= 11 is 0. The average molecular weight is 248 g/mol. The average Bonchev–Trinajstić information content (AvgIpc) is 2.25. The van der Waals surface area contributed by atoms with E-state index in [2.05, 4.69) is 14.5 Å². The molecule has 0 atom stereocenters. The number of aromatic nitrogens is 1. The number of nitro groups is 1. The summed E-state index contributed by atoms with van der Waals surface area (Å²) in [5.41, 5.74) is -1.29. The maximum atomic E-state index is 13.2. The van der Waals surface area contributed by atoms with Crippen LogP contribution in [0.25, 0.3) is 0 Å². The fourth-order valence-corrected chi connectivity index (χ4v) is 1.22. The van der Waals surface area contributed by atoms with Gasteiger partial charge < -0.3 is 9.47 Å². The van der Waals surface area contributed by atoms with Gasteiger partial charge in [-0.3, -0.25) is 10.1 Å². The van der Waals surface area contributed by atoms with Gasteiger partial charge in [-0.05, 0) is 0 Å². The smallest absolute Gasteiger partial charge is 0.331 e. The molecule has 0 aliphatic rings. The third-order valence-corrected chi connectivity index (χ3v) is 1.99. The summed E-state index contributed by atoms with van der Waals surface area (Å²) < 4.78 is 35.7. The zero-order chi connectivity index (χ0) is 13.2. The molecule has 1 rings (SSSR count). The maximum Gasteiger partial charge on any atom is 0.331 e. The summed E-state index contributed by atoms with van der Waals surface area (Å²) in [5, 5.41) is 10.7. The molecule has 8 heteroatoms. The van der Waals surface area contributed by atoms with Crippen molar-refractivity contribution in [3.8, 4) is 11.8 Å². The van der Waals surface area contributed by atoms with Crippen LogP contribution >= 0.6 is 0 Å². The highest BCUT2D eigenvalue weighted by molar-refractivity contribution is 5.49. The minimum Gasteiger partial charge on any atom is -0.481 e. The Morgan fingerprint density at radius 2 is 1.88 bits per heavy atom. The lowest BCUT2D eigenvalue weighted by Gasteiger charge is -2.14. The first-order valence-electron chi connectivity index (χ1n) is 4.47. The van der Waals surface area contributed by atoms with Crippen LogP contribution in [0.1, 0.15) is 12.5 Å². The molecule has 0 radical (unpaired) electrons. The Morgan fingerprint density at radius 3 is 2.24 bits per heavy atom. The first-order chi connectivity index (χ1) is 7.81. The van der Waals surface area contributed by atoms with Crippen LogP contribution in [0.2, 0.25) is 0 Å². The van der Waals surface area contributed by atoms with Crippen LogP contribution in [0.4, 0.5) is 14.5 Å². The predicted octanol–water partition coefficient (Wildman–Crippen LogP) is 2.12. The number of hydrogen-bond acceptors (Lipinski definition) is 5. The normalized spacial score (nSPS) is 11.1. The first kappa shape index (κ1) is 13.1. The van der Waals surface area contributed by atoms with Gasteiger partial charge in [-0.1, -0.05) is 0 Å². The molecule has 6 nitrogen and oxygen atoms in total. The second-order valence-corrected chi connectivity index (χ2v) is 3.22. The van der Waals surface area contributed by atoms with Gasteiger partial charge in [0.15, 0.2) is 0 Å². The van der Waals surface area contributed by atoms with E-state index in [0.29, 0.717) is 13.0 Å². The number of rotatable bonds is 4. The molecule has 17 heavy (non-hydrogen) atoms. The maximum absolute atomic E-state index is 13.2. The van der Waals surface area contributed by atoms with E-state index in [9.17, 15) is 18.9 Å². The summed E-state index contributed by atoms with van der Waals surface area (Å²) in [5.74, 6) is -4.07. The van der Waals surface area contributed by atoms with Crippen LogP contribution in [0.15, 0.2) is 6.07 Å². The van der Waals surface area contributed by atoms with Gasteiger partial charge in [0, 0.05) is 13.0 Å².